The number of aromatic nitrogens is 1. The van der Waals surface area contributed by atoms with Gasteiger partial charge in [-0.15, -0.1) is 0 Å². The van der Waals surface area contributed by atoms with Crippen LogP contribution >= 0.6 is 0 Å². The van der Waals surface area contributed by atoms with Crippen LogP contribution in [0.5, 0.6) is 5.75 Å². The lowest BCUT2D eigenvalue weighted by Crippen LogP contribution is -2.23. The summed E-state index contributed by atoms with van der Waals surface area (Å²) in [5, 5.41) is 5.03. The quantitative estimate of drug-likeness (QED) is 0.748. The molecule has 0 unspecified atom stereocenters. The van der Waals surface area contributed by atoms with E-state index in [2.05, 4.69) is 15.6 Å². The van der Waals surface area contributed by atoms with Crippen molar-refractivity contribution in [2.75, 3.05) is 13.6 Å². The Hall–Kier alpha value is -2.90. The third-order valence-corrected chi connectivity index (χ3v) is 3.52. The zero-order valence-electron chi connectivity index (χ0n) is 14.1. The zero-order chi connectivity index (χ0) is 18.6. The second kappa shape index (κ2) is 7.78. The standard InChI is InChI=1S/C17H19F2N3O3/c1-4-21-16(23)13-8-14(15(22-13)17(24)20-3)25-9(2)11-6-5-10(18)7-12(11)19/h5-9,22H,4H2,1-3H3,(H,20,24)(H,21,23)/t9-/m1/s1. The molecule has 0 aliphatic rings. The van der Waals surface area contributed by atoms with E-state index in [0.717, 1.165) is 12.1 Å². The van der Waals surface area contributed by atoms with E-state index in [1.165, 1.54) is 19.2 Å². The summed E-state index contributed by atoms with van der Waals surface area (Å²) >= 11 is 0. The molecule has 8 heteroatoms. The molecule has 1 aromatic carbocycles. The van der Waals surface area contributed by atoms with Gasteiger partial charge in [-0.2, -0.15) is 0 Å². The lowest BCUT2D eigenvalue weighted by molar-refractivity contribution is 0.0951. The Morgan fingerprint density at radius 3 is 2.56 bits per heavy atom. The Morgan fingerprint density at radius 2 is 1.96 bits per heavy atom. The van der Waals surface area contributed by atoms with E-state index in [4.69, 9.17) is 4.74 Å². The molecule has 2 rings (SSSR count). The van der Waals surface area contributed by atoms with Crippen LogP contribution in [0.15, 0.2) is 24.3 Å². The number of carbonyl (C=O) groups excluding carboxylic acids is 2. The molecular formula is C17H19F2N3O3. The van der Waals surface area contributed by atoms with E-state index >= 15 is 0 Å². The first kappa shape index (κ1) is 18.4. The number of hydrogen-bond donors (Lipinski definition) is 3. The van der Waals surface area contributed by atoms with Gasteiger partial charge in [0.2, 0.25) is 0 Å². The highest BCUT2D eigenvalue weighted by Gasteiger charge is 2.22. The molecule has 0 saturated heterocycles. The smallest absolute Gasteiger partial charge is 0.271 e. The molecule has 6 nitrogen and oxygen atoms in total. The van der Waals surface area contributed by atoms with Gasteiger partial charge in [0.15, 0.2) is 5.75 Å². The first-order valence-electron chi connectivity index (χ1n) is 7.72. The molecule has 0 bridgehead atoms. The molecule has 0 saturated carbocycles. The summed E-state index contributed by atoms with van der Waals surface area (Å²) in [5.41, 5.74) is 0.311. The number of ether oxygens (including phenoxy) is 1. The fourth-order valence-electron chi connectivity index (χ4n) is 2.29. The molecule has 0 fully saturated rings. The molecule has 1 heterocycles. The maximum Gasteiger partial charge on any atom is 0.271 e. The normalized spacial score (nSPS) is 11.7. The summed E-state index contributed by atoms with van der Waals surface area (Å²) in [5.74, 6) is -2.24. The van der Waals surface area contributed by atoms with Crippen molar-refractivity contribution in [1.29, 1.82) is 0 Å². The monoisotopic (exact) mass is 351 g/mol. The van der Waals surface area contributed by atoms with E-state index in [-0.39, 0.29) is 22.7 Å². The Kier molecular flexibility index (Phi) is 5.74. The minimum atomic E-state index is -0.804. The Morgan fingerprint density at radius 1 is 1.24 bits per heavy atom. The predicted octanol–water partition coefficient (Wildman–Crippen LogP) is 2.54. The van der Waals surface area contributed by atoms with E-state index in [0.29, 0.717) is 6.54 Å². The lowest BCUT2D eigenvalue weighted by atomic mass is 10.1. The van der Waals surface area contributed by atoms with Crippen LogP contribution in [0.25, 0.3) is 0 Å². The highest BCUT2D eigenvalue weighted by molar-refractivity contribution is 5.99. The fraction of sp³-hybridized carbons (Fsp3) is 0.294. The average Bonchev–Trinajstić information content (AvgIpc) is 2.98. The van der Waals surface area contributed by atoms with Crippen molar-refractivity contribution in [2.24, 2.45) is 0 Å². The van der Waals surface area contributed by atoms with Crippen molar-refractivity contribution in [3.05, 3.63) is 52.9 Å². The molecule has 0 radical (unpaired) electrons. The molecule has 3 N–H and O–H groups in total. The first-order valence-corrected chi connectivity index (χ1v) is 7.72. The van der Waals surface area contributed by atoms with Crippen molar-refractivity contribution < 1.29 is 23.1 Å². The summed E-state index contributed by atoms with van der Waals surface area (Å²) in [6, 6.07) is 4.51. The fourth-order valence-corrected chi connectivity index (χ4v) is 2.29. The third-order valence-electron chi connectivity index (χ3n) is 3.52. The molecule has 2 amide bonds. The minimum Gasteiger partial charge on any atom is -0.483 e. The number of halogens is 2. The molecule has 1 aromatic heterocycles. The van der Waals surface area contributed by atoms with Crippen LogP contribution in [0.1, 0.15) is 46.5 Å². The second-order valence-corrected chi connectivity index (χ2v) is 5.29. The number of H-pyrrole nitrogens is 1. The van der Waals surface area contributed by atoms with Gasteiger partial charge in [0.25, 0.3) is 11.8 Å². The van der Waals surface area contributed by atoms with Gasteiger partial charge in [-0.3, -0.25) is 9.59 Å². The van der Waals surface area contributed by atoms with Crippen LogP contribution in [-0.2, 0) is 0 Å². The molecule has 0 aliphatic carbocycles. The summed E-state index contributed by atoms with van der Waals surface area (Å²) in [6.07, 6.45) is -0.804. The number of hydrogen-bond acceptors (Lipinski definition) is 3. The van der Waals surface area contributed by atoms with Crippen molar-refractivity contribution in [1.82, 2.24) is 15.6 Å². The largest absolute Gasteiger partial charge is 0.483 e. The van der Waals surface area contributed by atoms with Gasteiger partial charge in [0.05, 0.1) is 0 Å². The zero-order valence-corrected chi connectivity index (χ0v) is 14.1. The number of nitrogens with one attached hydrogen (secondary N) is 3. The highest BCUT2D eigenvalue weighted by Crippen LogP contribution is 2.28. The number of benzene rings is 1. The van der Waals surface area contributed by atoms with Gasteiger partial charge in [-0.25, -0.2) is 8.78 Å². The highest BCUT2D eigenvalue weighted by atomic mass is 19.1. The van der Waals surface area contributed by atoms with Crippen LogP contribution in [0, 0.1) is 11.6 Å². The summed E-state index contributed by atoms with van der Waals surface area (Å²) in [4.78, 5) is 26.6. The predicted molar refractivity (Wildman–Crippen MR) is 87.6 cm³/mol. The van der Waals surface area contributed by atoms with Gasteiger partial charge < -0.3 is 20.4 Å². The Labute approximate surface area is 143 Å². The SMILES string of the molecule is CCNC(=O)c1cc(O[C@H](C)c2ccc(F)cc2F)c(C(=O)NC)[nH]1. The summed E-state index contributed by atoms with van der Waals surface area (Å²) in [7, 11) is 1.43. The second-order valence-electron chi connectivity index (χ2n) is 5.29. The van der Waals surface area contributed by atoms with Gasteiger partial charge in [0.1, 0.15) is 29.1 Å². The van der Waals surface area contributed by atoms with Crippen molar-refractivity contribution in [3.63, 3.8) is 0 Å². The molecule has 0 spiro atoms. The summed E-state index contributed by atoms with van der Waals surface area (Å²) < 4.78 is 32.6. The number of aromatic amines is 1. The van der Waals surface area contributed by atoms with Gasteiger partial charge in [-0.05, 0) is 26.0 Å². The van der Waals surface area contributed by atoms with Crippen molar-refractivity contribution in [2.45, 2.75) is 20.0 Å². The number of rotatable bonds is 6. The van der Waals surface area contributed by atoms with Crippen LogP contribution in [0.2, 0.25) is 0 Å². The average molecular weight is 351 g/mol. The van der Waals surface area contributed by atoms with E-state index in [9.17, 15) is 18.4 Å². The molecule has 2 aromatic rings. The minimum absolute atomic E-state index is 0.0399. The van der Waals surface area contributed by atoms with Gasteiger partial charge >= 0.3 is 0 Å². The molecule has 134 valence electrons. The van der Waals surface area contributed by atoms with Crippen LogP contribution in [0.4, 0.5) is 8.78 Å². The van der Waals surface area contributed by atoms with Crippen molar-refractivity contribution >= 4 is 11.8 Å². The number of amides is 2. The van der Waals surface area contributed by atoms with Crippen LogP contribution in [0.3, 0.4) is 0 Å². The van der Waals surface area contributed by atoms with Crippen LogP contribution < -0.4 is 15.4 Å². The molecule has 25 heavy (non-hydrogen) atoms. The van der Waals surface area contributed by atoms with Crippen molar-refractivity contribution in [3.8, 4) is 5.75 Å². The topological polar surface area (TPSA) is 83.2 Å². The maximum atomic E-state index is 13.9. The maximum absolute atomic E-state index is 13.9. The molecule has 1 atom stereocenters. The van der Waals surface area contributed by atoms with E-state index < -0.39 is 29.6 Å². The molecule has 0 aliphatic heterocycles. The summed E-state index contributed by atoms with van der Waals surface area (Å²) in [6.45, 7) is 3.74. The van der Waals surface area contributed by atoms with E-state index in [1.807, 2.05) is 0 Å². The Bertz CT molecular complexity index is 789. The Balaban J connectivity index is 2.33. The van der Waals surface area contributed by atoms with E-state index in [1.54, 1.807) is 13.8 Å². The molecular weight excluding hydrogens is 332 g/mol. The third kappa shape index (κ3) is 4.14. The van der Waals surface area contributed by atoms with Crippen LogP contribution in [-0.4, -0.2) is 30.4 Å². The van der Waals surface area contributed by atoms with Gasteiger partial charge in [0, 0.05) is 31.3 Å². The first-order chi connectivity index (χ1) is 11.9. The number of carbonyl (C=O) groups is 2. The van der Waals surface area contributed by atoms with Gasteiger partial charge in [-0.1, -0.05) is 0 Å². The lowest BCUT2D eigenvalue weighted by Gasteiger charge is -2.15.